The molecule has 1 unspecified atom stereocenters. The summed E-state index contributed by atoms with van der Waals surface area (Å²) in [7, 11) is 0. The molecule has 138 valence electrons. The molecule has 3 heterocycles. The van der Waals surface area contributed by atoms with Crippen LogP contribution in [-0.4, -0.2) is 32.3 Å². The van der Waals surface area contributed by atoms with E-state index < -0.39 is 0 Å². The van der Waals surface area contributed by atoms with E-state index in [0.29, 0.717) is 24.0 Å². The Morgan fingerprint density at radius 2 is 2.12 bits per heavy atom. The van der Waals surface area contributed by atoms with Crippen LogP contribution in [0.25, 0.3) is 0 Å². The van der Waals surface area contributed by atoms with Gasteiger partial charge in [-0.05, 0) is 44.2 Å². The number of rotatable bonds is 5. The Kier molecular flexibility index (Phi) is 5.81. The van der Waals surface area contributed by atoms with Crippen molar-refractivity contribution in [2.24, 2.45) is 5.92 Å². The molecule has 1 N–H and O–H groups in total. The molecule has 1 atom stereocenters. The smallest absolute Gasteiger partial charge is 0.223 e. The molecule has 26 heavy (non-hydrogen) atoms. The first-order chi connectivity index (χ1) is 12.5. The summed E-state index contributed by atoms with van der Waals surface area (Å²) in [4.78, 5) is 28.1. The summed E-state index contributed by atoms with van der Waals surface area (Å²) in [6.45, 7) is 6.86. The van der Waals surface area contributed by atoms with Crippen LogP contribution in [0.4, 0.5) is 11.6 Å². The van der Waals surface area contributed by atoms with Gasteiger partial charge in [-0.25, -0.2) is 15.0 Å². The zero-order valence-electron chi connectivity index (χ0n) is 15.8. The normalized spacial score (nSPS) is 17.4. The van der Waals surface area contributed by atoms with Crippen molar-refractivity contribution in [3.05, 3.63) is 42.0 Å². The van der Waals surface area contributed by atoms with Gasteiger partial charge < -0.3 is 10.2 Å². The predicted octanol–water partition coefficient (Wildman–Crippen LogP) is 4.02. The molecule has 6 heteroatoms. The van der Waals surface area contributed by atoms with Crippen LogP contribution in [-0.2, 0) is 4.79 Å². The molecule has 0 saturated carbocycles. The summed E-state index contributed by atoms with van der Waals surface area (Å²) < 4.78 is 0. The number of aromatic nitrogens is 3. The van der Waals surface area contributed by atoms with E-state index in [9.17, 15) is 4.79 Å². The Balaban J connectivity index is 1.85. The maximum absolute atomic E-state index is 12.7. The predicted molar refractivity (Wildman–Crippen MR) is 102 cm³/mol. The summed E-state index contributed by atoms with van der Waals surface area (Å²) in [6, 6.07) is 7.68. The Hall–Kier alpha value is -2.50. The molecular weight excluding hydrogens is 326 g/mol. The quantitative estimate of drug-likeness (QED) is 0.879. The molecule has 1 aliphatic rings. The number of carbonyl (C=O) groups excluding carboxylic acids is 1. The van der Waals surface area contributed by atoms with Crippen LogP contribution < -0.4 is 5.32 Å². The molecule has 0 aliphatic carbocycles. The van der Waals surface area contributed by atoms with Crippen LogP contribution in [0.15, 0.2) is 30.5 Å². The number of likely N-dealkylation sites (tertiary alicyclic amines) is 1. The second-order valence-electron chi connectivity index (χ2n) is 7.26. The van der Waals surface area contributed by atoms with Gasteiger partial charge in [-0.3, -0.25) is 4.79 Å². The zero-order valence-corrected chi connectivity index (χ0v) is 15.8. The van der Waals surface area contributed by atoms with Crippen LogP contribution in [0, 0.1) is 12.8 Å². The van der Waals surface area contributed by atoms with Crippen molar-refractivity contribution in [1.29, 1.82) is 0 Å². The van der Waals surface area contributed by atoms with Crippen molar-refractivity contribution in [3.63, 3.8) is 0 Å². The highest BCUT2D eigenvalue weighted by molar-refractivity contribution is 5.77. The van der Waals surface area contributed by atoms with E-state index in [-0.39, 0.29) is 11.9 Å². The van der Waals surface area contributed by atoms with Gasteiger partial charge in [0.05, 0.1) is 11.7 Å². The third-order valence-electron chi connectivity index (χ3n) is 4.53. The lowest BCUT2D eigenvalue weighted by Crippen LogP contribution is -2.39. The number of pyridine rings is 1. The molecule has 1 fully saturated rings. The van der Waals surface area contributed by atoms with E-state index >= 15 is 0 Å². The molecule has 0 spiro atoms. The molecule has 1 amide bonds. The van der Waals surface area contributed by atoms with Crippen molar-refractivity contribution in [3.8, 4) is 0 Å². The number of anilines is 2. The summed E-state index contributed by atoms with van der Waals surface area (Å²) in [5, 5.41) is 3.23. The molecule has 1 aliphatic heterocycles. The monoisotopic (exact) mass is 353 g/mol. The second-order valence-corrected chi connectivity index (χ2v) is 7.26. The Bertz CT molecular complexity index is 747. The van der Waals surface area contributed by atoms with Crippen molar-refractivity contribution >= 4 is 17.5 Å². The van der Waals surface area contributed by atoms with Crippen LogP contribution >= 0.6 is 0 Å². The molecule has 2 aromatic heterocycles. The summed E-state index contributed by atoms with van der Waals surface area (Å²) in [5.74, 6) is 2.74. The standard InChI is InChI=1S/C20H27N5O/c1-14(2)12-20(26)25-11-7-5-8-17(25)16-13-19(23-15(3)22-16)24-18-9-4-6-10-21-18/h4,6,9-10,13-14,17H,5,7-8,11-12H2,1-3H3,(H,21,22,23,24). The minimum atomic E-state index is 0.0287. The van der Waals surface area contributed by atoms with Gasteiger partial charge in [0, 0.05) is 25.2 Å². The van der Waals surface area contributed by atoms with Crippen molar-refractivity contribution in [2.45, 2.75) is 52.5 Å². The van der Waals surface area contributed by atoms with Gasteiger partial charge in [-0.1, -0.05) is 19.9 Å². The summed E-state index contributed by atoms with van der Waals surface area (Å²) in [6.07, 6.45) is 5.44. The maximum Gasteiger partial charge on any atom is 0.223 e. The van der Waals surface area contributed by atoms with E-state index in [4.69, 9.17) is 0 Å². The first-order valence-corrected chi connectivity index (χ1v) is 9.36. The number of hydrogen-bond donors (Lipinski definition) is 1. The van der Waals surface area contributed by atoms with Crippen molar-refractivity contribution in [2.75, 3.05) is 11.9 Å². The first kappa shape index (κ1) is 18.3. The van der Waals surface area contributed by atoms with Crippen molar-refractivity contribution < 1.29 is 4.79 Å². The lowest BCUT2D eigenvalue weighted by molar-refractivity contribution is -0.136. The fourth-order valence-corrected chi connectivity index (χ4v) is 3.40. The summed E-state index contributed by atoms with van der Waals surface area (Å²) >= 11 is 0. The highest BCUT2D eigenvalue weighted by Crippen LogP contribution is 2.32. The summed E-state index contributed by atoms with van der Waals surface area (Å²) in [5.41, 5.74) is 0.910. The first-order valence-electron chi connectivity index (χ1n) is 9.36. The molecule has 0 radical (unpaired) electrons. The van der Waals surface area contributed by atoms with Crippen molar-refractivity contribution in [1.82, 2.24) is 19.9 Å². The topological polar surface area (TPSA) is 71.0 Å². The number of amides is 1. The fraction of sp³-hybridized carbons (Fsp3) is 0.500. The molecule has 2 aromatic rings. The van der Waals surface area contributed by atoms with E-state index in [1.165, 1.54) is 0 Å². The van der Waals surface area contributed by atoms with Gasteiger partial charge in [0.2, 0.25) is 5.91 Å². The average molecular weight is 353 g/mol. The van der Waals surface area contributed by atoms with Gasteiger partial charge in [-0.2, -0.15) is 0 Å². The number of hydrogen-bond acceptors (Lipinski definition) is 5. The van der Waals surface area contributed by atoms with Crippen LogP contribution in [0.2, 0.25) is 0 Å². The highest BCUT2D eigenvalue weighted by Gasteiger charge is 2.29. The maximum atomic E-state index is 12.7. The lowest BCUT2D eigenvalue weighted by atomic mass is 9.97. The van der Waals surface area contributed by atoms with E-state index in [1.807, 2.05) is 36.1 Å². The Labute approximate surface area is 155 Å². The Morgan fingerprint density at radius 1 is 1.27 bits per heavy atom. The van der Waals surface area contributed by atoms with Crippen LogP contribution in [0.1, 0.15) is 57.1 Å². The molecule has 0 aromatic carbocycles. The van der Waals surface area contributed by atoms with Crippen LogP contribution in [0.3, 0.4) is 0 Å². The number of nitrogens with one attached hydrogen (secondary N) is 1. The second kappa shape index (κ2) is 8.25. The number of aryl methyl sites for hydroxylation is 1. The van der Waals surface area contributed by atoms with Gasteiger partial charge >= 0.3 is 0 Å². The number of nitrogens with zero attached hydrogens (tertiary/aromatic N) is 4. The average Bonchev–Trinajstić information content (AvgIpc) is 2.61. The minimum absolute atomic E-state index is 0.0287. The van der Waals surface area contributed by atoms with Gasteiger partial charge in [0.15, 0.2) is 0 Å². The largest absolute Gasteiger partial charge is 0.334 e. The van der Waals surface area contributed by atoms with E-state index in [0.717, 1.165) is 37.3 Å². The number of carbonyl (C=O) groups is 1. The molecular formula is C20H27N5O. The van der Waals surface area contributed by atoms with Gasteiger partial charge in [0.25, 0.3) is 0 Å². The Morgan fingerprint density at radius 3 is 2.85 bits per heavy atom. The fourth-order valence-electron chi connectivity index (χ4n) is 3.40. The minimum Gasteiger partial charge on any atom is -0.334 e. The van der Waals surface area contributed by atoms with E-state index in [1.54, 1.807) is 6.20 Å². The highest BCUT2D eigenvalue weighted by atomic mass is 16.2. The number of piperidine rings is 1. The van der Waals surface area contributed by atoms with E-state index in [2.05, 4.69) is 34.1 Å². The molecule has 1 saturated heterocycles. The molecule has 3 rings (SSSR count). The van der Waals surface area contributed by atoms with Crippen LogP contribution in [0.5, 0.6) is 0 Å². The van der Waals surface area contributed by atoms with Gasteiger partial charge in [-0.15, -0.1) is 0 Å². The lowest BCUT2D eigenvalue weighted by Gasteiger charge is -2.36. The SMILES string of the molecule is Cc1nc(Nc2ccccn2)cc(C2CCCCN2C(=O)CC(C)C)n1. The molecule has 6 nitrogen and oxygen atoms in total. The molecule has 0 bridgehead atoms. The zero-order chi connectivity index (χ0) is 18.5. The third kappa shape index (κ3) is 4.56. The third-order valence-corrected chi connectivity index (χ3v) is 4.53. The van der Waals surface area contributed by atoms with Gasteiger partial charge in [0.1, 0.15) is 17.5 Å².